The standard InChI is InChI=1S/C17H18N2O3SSe/c18-14(17(21)22)10-11-23-24-15-9-5-4-8-13(15)16(20)19-12-6-2-1-3-7-12/h1-9,14H,10-11,18H2,(H,19,20)(H,21,22). The van der Waals surface area contributed by atoms with E-state index in [1.54, 1.807) is 16.2 Å². The van der Waals surface area contributed by atoms with Crippen LogP contribution in [0.4, 0.5) is 5.69 Å². The van der Waals surface area contributed by atoms with Gasteiger partial charge in [0.1, 0.15) is 0 Å². The van der Waals surface area contributed by atoms with E-state index in [9.17, 15) is 9.59 Å². The number of anilines is 1. The normalized spacial score (nSPS) is 11.7. The summed E-state index contributed by atoms with van der Waals surface area (Å²) in [7, 11) is 1.63. The van der Waals surface area contributed by atoms with Crippen molar-refractivity contribution in [2.75, 3.05) is 11.1 Å². The molecule has 0 aliphatic rings. The number of nitrogens with one attached hydrogen (secondary N) is 1. The average Bonchev–Trinajstić information content (AvgIpc) is 2.59. The molecule has 1 unspecified atom stereocenters. The van der Waals surface area contributed by atoms with E-state index in [0.717, 1.165) is 10.1 Å². The maximum atomic E-state index is 12.5. The summed E-state index contributed by atoms with van der Waals surface area (Å²) in [6, 6.07) is 16.0. The molecule has 7 heteroatoms. The number of nitrogens with two attached hydrogens (primary N) is 1. The predicted molar refractivity (Wildman–Crippen MR) is 98.9 cm³/mol. The second-order valence-electron chi connectivity index (χ2n) is 4.96. The summed E-state index contributed by atoms with van der Waals surface area (Å²) in [6.45, 7) is 0. The van der Waals surface area contributed by atoms with Crippen molar-refractivity contribution in [3.05, 3.63) is 60.2 Å². The first-order chi connectivity index (χ1) is 11.6. The Labute approximate surface area is 150 Å². The molecular weight excluding hydrogens is 391 g/mol. The zero-order valence-electron chi connectivity index (χ0n) is 12.8. The zero-order chi connectivity index (χ0) is 17.4. The van der Waals surface area contributed by atoms with Gasteiger partial charge in [-0.1, -0.05) is 0 Å². The van der Waals surface area contributed by atoms with Gasteiger partial charge in [-0.25, -0.2) is 0 Å². The molecule has 0 aliphatic carbocycles. The fraction of sp³-hybridized carbons (Fsp3) is 0.176. The number of amides is 1. The van der Waals surface area contributed by atoms with Crippen LogP contribution in [0.15, 0.2) is 54.6 Å². The van der Waals surface area contributed by atoms with Gasteiger partial charge in [0.05, 0.1) is 0 Å². The molecule has 0 saturated carbocycles. The van der Waals surface area contributed by atoms with E-state index in [1.165, 1.54) is 0 Å². The first-order valence-electron chi connectivity index (χ1n) is 7.31. The van der Waals surface area contributed by atoms with Crippen LogP contribution in [-0.2, 0) is 4.79 Å². The fourth-order valence-corrected chi connectivity index (χ4v) is 5.90. The SMILES string of the molecule is NC(CCS[Se]c1ccccc1C(=O)Nc1ccccc1)C(=O)O. The van der Waals surface area contributed by atoms with Gasteiger partial charge in [0.15, 0.2) is 0 Å². The Balaban J connectivity index is 1.94. The van der Waals surface area contributed by atoms with Crippen LogP contribution >= 0.6 is 10.2 Å². The number of rotatable bonds is 8. The molecule has 0 spiro atoms. The molecule has 2 rings (SSSR count). The first kappa shape index (κ1) is 18.5. The summed E-state index contributed by atoms with van der Waals surface area (Å²) in [5.41, 5.74) is 6.89. The van der Waals surface area contributed by atoms with Crippen LogP contribution in [0.3, 0.4) is 0 Å². The Morgan fingerprint density at radius 1 is 1.12 bits per heavy atom. The van der Waals surface area contributed by atoms with Gasteiger partial charge in [-0.05, 0) is 0 Å². The Morgan fingerprint density at radius 3 is 2.50 bits per heavy atom. The van der Waals surface area contributed by atoms with Gasteiger partial charge in [-0.15, -0.1) is 0 Å². The summed E-state index contributed by atoms with van der Waals surface area (Å²) >= 11 is 0.0167. The number of benzene rings is 2. The van der Waals surface area contributed by atoms with E-state index in [1.807, 2.05) is 48.5 Å². The van der Waals surface area contributed by atoms with Crippen LogP contribution in [0.25, 0.3) is 0 Å². The molecule has 4 N–H and O–H groups in total. The van der Waals surface area contributed by atoms with Crippen molar-refractivity contribution >= 4 is 46.0 Å². The van der Waals surface area contributed by atoms with Crippen molar-refractivity contribution in [2.45, 2.75) is 12.5 Å². The summed E-state index contributed by atoms with van der Waals surface area (Å²) in [4.78, 5) is 23.2. The van der Waals surface area contributed by atoms with Crippen molar-refractivity contribution in [3.8, 4) is 0 Å². The van der Waals surface area contributed by atoms with Crippen molar-refractivity contribution in [2.24, 2.45) is 5.73 Å². The summed E-state index contributed by atoms with van der Waals surface area (Å²) in [6.07, 6.45) is 0.417. The van der Waals surface area contributed by atoms with Crippen LogP contribution < -0.4 is 15.5 Å². The molecule has 0 radical (unpaired) electrons. The van der Waals surface area contributed by atoms with Crippen molar-refractivity contribution < 1.29 is 14.7 Å². The fourth-order valence-electron chi connectivity index (χ4n) is 1.85. The van der Waals surface area contributed by atoms with E-state index in [4.69, 9.17) is 10.8 Å². The Hall–Kier alpha value is -1.79. The molecule has 0 aliphatic heterocycles. The summed E-state index contributed by atoms with van der Waals surface area (Å²) in [5.74, 6) is -0.463. The minimum absolute atomic E-state index is 0.0167. The van der Waals surface area contributed by atoms with Crippen molar-refractivity contribution in [3.63, 3.8) is 0 Å². The molecule has 126 valence electrons. The third-order valence-electron chi connectivity index (χ3n) is 3.14. The number of aliphatic carboxylic acids is 1. The number of carbonyl (C=O) groups excluding carboxylic acids is 1. The van der Waals surface area contributed by atoms with Crippen LogP contribution in [0.1, 0.15) is 16.8 Å². The molecule has 0 heterocycles. The molecule has 0 bridgehead atoms. The Kier molecular flexibility index (Phi) is 7.34. The van der Waals surface area contributed by atoms with E-state index < -0.39 is 12.0 Å². The van der Waals surface area contributed by atoms with Gasteiger partial charge < -0.3 is 0 Å². The van der Waals surface area contributed by atoms with Gasteiger partial charge in [-0.3, -0.25) is 0 Å². The van der Waals surface area contributed by atoms with Crippen LogP contribution in [-0.4, -0.2) is 42.6 Å². The molecule has 0 saturated heterocycles. The molecule has 1 atom stereocenters. The number of hydrogen-bond donors (Lipinski definition) is 3. The van der Waals surface area contributed by atoms with Gasteiger partial charge in [0, 0.05) is 0 Å². The van der Waals surface area contributed by atoms with Crippen LogP contribution in [0.5, 0.6) is 0 Å². The van der Waals surface area contributed by atoms with E-state index in [0.29, 0.717) is 17.7 Å². The number of carboxylic acid groups (broad SMARTS) is 1. The molecule has 0 fully saturated rings. The molecule has 2 aromatic carbocycles. The second kappa shape index (κ2) is 9.49. The molecule has 1 amide bonds. The maximum absolute atomic E-state index is 12.5. The summed E-state index contributed by atoms with van der Waals surface area (Å²) in [5, 5.41) is 11.7. The number of hydrogen-bond acceptors (Lipinski definition) is 4. The van der Waals surface area contributed by atoms with Crippen molar-refractivity contribution in [1.82, 2.24) is 0 Å². The van der Waals surface area contributed by atoms with E-state index in [-0.39, 0.29) is 19.7 Å². The van der Waals surface area contributed by atoms with Crippen LogP contribution in [0.2, 0.25) is 0 Å². The molecular formula is C17H18N2O3SSe. The quantitative estimate of drug-likeness (QED) is 0.456. The Morgan fingerprint density at radius 2 is 1.79 bits per heavy atom. The second-order valence-corrected chi connectivity index (χ2v) is 9.22. The predicted octanol–water partition coefficient (Wildman–Crippen LogP) is 1.72. The van der Waals surface area contributed by atoms with Crippen LogP contribution in [0, 0.1) is 0 Å². The van der Waals surface area contributed by atoms with Gasteiger partial charge in [-0.2, -0.15) is 0 Å². The number of carboxylic acids is 1. The molecule has 0 aromatic heterocycles. The molecule has 2 aromatic rings. The number of carbonyl (C=O) groups is 2. The molecule has 5 nitrogen and oxygen atoms in total. The first-order valence-corrected chi connectivity index (χ1v) is 11.2. The minimum atomic E-state index is -0.981. The average molecular weight is 409 g/mol. The monoisotopic (exact) mass is 410 g/mol. The third-order valence-corrected chi connectivity index (χ3v) is 7.51. The van der Waals surface area contributed by atoms with E-state index in [2.05, 4.69) is 5.32 Å². The van der Waals surface area contributed by atoms with Gasteiger partial charge in [0.25, 0.3) is 0 Å². The summed E-state index contributed by atoms with van der Waals surface area (Å²) < 4.78 is 0.979. The van der Waals surface area contributed by atoms with Gasteiger partial charge in [0.2, 0.25) is 0 Å². The molecule has 24 heavy (non-hydrogen) atoms. The Bertz CT molecular complexity index is 697. The topological polar surface area (TPSA) is 92.4 Å². The number of para-hydroxylation sites is 1. The van der Waals surface area contributed by atoms with Crippen molar-refractivity contribution in [1.29, 1.82) is 0 Å². The zero-order valence-corrected chi connectivity index (χ0v) is 15.4. The third kappa shape index (κ3) is 5.69. The van der Waals surface area contributed by atoms with Gasteiger partial charge >= 0.3 is 150 Å². The van der Waals surface area contributed by atoms with E-state index >= 15 is 0 Å².